The van der Waals surface area contributed by atoms with Crippen molar-refractivity contribution < 1.29 is 4.74 Å². The predicted molar refractivity (Wildman–Crippen MR) is 92.4 cm³/mol. The highest BCUT2D eigenvalue weighted by Gasteiger charge is 2.08. The van der Waals surface area contributed by atoms with Crippen molar-refractivity contribution in [3.63, 3.8) is 0 Å². The lowest BCUT2D eigenvalue weighted by atomic mass is 10.2. The number of rotatable bonds is 4. The van der Waals surface area contributed by atoms with Crippen LogP contribution in [0.2, 0.25) is 0 Å². The van der Waals surface area contributed by atoms with Gasteiger partial charge in [0.15, 0.2) is 0 Å². The highest BCUT2D eigenvalue weighted by atomic mass is 79.9. The van der Waals surface area contributed by atoms with Crippen LogP contribution in [0.4, 0.5) is 0 Å². The number of ether oxygens (including phenoxy) is 1. The summed E-state index contributed by atoms with van der Waals surface area (Å²) in [5, 5.41) is 1.01. The third-order valence-corrected chi connectivity index (χ3v) is 5.82. The number of nitrogens with zero attached hydrogens (tertiary/aromatic N) is 1. The Bertz CT molecular complexity index is 740. The van der Waals surface area contributed by atoms with Crippen molar-refractivity contribution in [1.82, 2.24) is 4.37 Å². The standard InChI is InChI=1S/C16H12BrNOS2/c1-19-12-8-6-11(7-9-12)15-10-16(18-21-15)20-14-5-3-2-4-13(14)17/h2-10H,1H3. The summed E-state index contributed by atoms with van der Waals surface area (Å²) in [5.41, 5.74) is 1.16. The number of hydrogen-bond acceptors (Lipinski definition) is 4. The quantitative estimate of drug-likeness (QED) is 0.579. The van der Waals surface area contributed by atoms with Crippen LogP contribution in [-0.2, 0) is 0 Å². The number of benzene rings is 2. The van der Waals surface area contributed by atoms with E-state index in [4.69, 9.17) is 4.74 Å². The molecule has 0 spiro atoms. The smallest absolute Gasteiger partial charge is 0.118 e. The van der Waals surface area contributed by atoms with Gasteiger partial charge in [-0.2, -0.15) is 4.37 Å². The first-order valence-electron chi connectivity index (χ1n) is 6.30. The van der Waals surface area contributed by atoms with E-state index in [2.05, 4.69) is 44.6 Å². The Hall–Kier alpha value is -1.30. The van der Waals surface area contributed by atoms with Crippen LogP contribution in [0.1, 0.15) is 0 Å². The van der Waals surface area contributed by atoms with Gasteiger partial charge in [0.1, 0.15) is 10.8 Å². The van der Waals surface area contributed by atoms with Crippen molar-refractivity contribution in [3.05, 3.63) is 59.1 Å². The maximum atomic E-state index is 5.18. The Morgan fingerprint density at radius 1 is 1.10 bits per heavy atom. The zero-order valence-electron chi connectivity index (χ0n) is 11.2. The normalized spacial score (nSPS) is 10.6. The molecule has 0 aliphatic rings. The van der Waals surface area contributed by atoms with Crippen molar-refractivity contribution in [2.45, 2.75) is 9.92 Å². The van der Waals surface area contributed by atoms with Crippen molar-refractivity contribution in [2.75, 3.05) is 7.11 Å². The van der Waals surface area contributed by atoms with E-state index < -0.39 is 0 Å². The highest BCUT2D eigenvalue weighted by molar-refractivity contribution is 9.10. The molecule has 0 unspecified atom stereocenters. The lowest BCUT2D eigenvalue weighted by molar-refractivity contribution is 0.415. The highest BCUT2D eigenvalue weighted by Crippen LogP contribution is 2.36. The van der Waals surface area contributed by atoms with Crippen LogP contribution < -0.4 is 4.74 Å². The fourth-order valence-corrected chi connectivity index (χ4v) is 4.06. The van der Waals surface area contributed by atoms with Gasteiger partial charge in [-0.3, -0.25) is 0 Å². The second kappa shape index (κ2) is 6.64. The maximum Gasteiger partial charge on any atom is 0.118 e. The average molecular weight is 378 g/mol. The van der Waals surface area contributed by atoms with Gasteiger partial charge in [-0.15, -0.1) is 0 Å². The molecule has 21 heavy (non-hydrogen) atoms. The van der Waals surface area contributed by atoms with Gasteiger partial charge in [0, 0.05) is 9.37 Å². The van der Waals surface area contributed by atoms with E-state index in [1.165, 1.54) is 16.4 Å². The molecule has 0 N–H and O–H groups in total. The van der Waals surface area contributed by atoms with Crippen LogP contribution in [0.15, 0.2) is 69.0 Å². The molecule has 0 aliphatic carbocycles. The van der Waals surface area contributed by atoms with E-state index in [0.29, 0.717) is 0 Å². The van der Waals surface area contributed by atoms with Gasteiger partial charge in [0.2, 0.25) is 0 Å². The molecule has 0 saturated heterocycles. The summed E-state index contributed by atoms with van der Waals surface area (Å²) in [4.78, 5) is 2.33. The average Bonchev–Trinajstić information content (AvgIpc) is 2.98. The molecule has 3 rings (SSSR count). The molecule has 0 fully saturated rings. The topological polar surface area (TPSA) is 22.1 Å². The van der Waals surface area contributed by atoms with Gasteiger partial charge in [-0.05, 0) is 75.5 Å². The lowest BCUT2D eigenvalue weighted by Gasteiger charge is -2.01. The predicted octanol–water partition coefficient (Wildman–Crippen LogP) is 5.73. The fraction of sp³-hybridized carbons (Fsp3) is 0.0625. The number of methoxy groups -OCH3 is 1. The Kier molecular flexibility index (Phi) is 4.63. The third kappa shape index (κ3) is 3.48. The molecule has 0 amide bonds. The van der Waals surface area contributed by atoms with Gasteiger partial charge < -0.3 is 4.74 Å². The second-order valence-electron chi connectivity index (χ2n) is 4.29. The van der Waals surface area contributed by atoms with E-state index in [1.807, 2.05) is 30.3 Å². The van der Waals surface area contributed by atoms with Crippen LogP contribution >= 0.6 is 39.2 Å². The first-order chi connectivity index (χ1) is 10.3. The first kappa shape index (κ1) is 14.6. The van der Waals surface area contributed by atoms with E-state index in [0.717, 1.165) is 25.7 Å². The molecular formula is C16H12BrNOS2. The number of aromatic nitrogens is 1. The summed E-state index contributed by atoms with van der Waals surface area (Å²) in [5.74, 6) is 0.867. The summed E-state index contributed by atoms with van der Waals surface area (Å²) < 4.78 is 10.8. The molecule has 0 radical (unpaired) electrons. The minimum atomic E-state index is 0.867. The fourth-order valence-electron chi connectivity index (χ4n) is 1.84. The van der Waals surface area contributed by atoms with Crippen molar-refractivity contribution in [3.8, 4) is 16.2 Å². The molecule has 0 atom stereocenters. The Morgan fingerprint density at radius 3 is 2.57 bits per heavy atom. The zero-order chi connectivity index (χ0) is 14.7. The first-order valence-corrected chi connectivity index (χ1v) is 8.68. The second-order valence-corrected chi connectivity index (χ2v) is 7.01. The van der Waals surface area contributed by atoms with E-state index >= 15 is 0 Å². The maximum absolute atomic E-state index is 5.18. The molecule has 1 heterocycles. The van der Waals surface area contributed by atoms with Gasteiger partial charge in [0.25, 0.3) is 0 Å². The van der Waals surface area contributed by atoms with Crippen LogP contribution in [0.5, 0.6) is 5.75 Å². The largest absolute Gasteiger partial charge is 0.497 e. The SMILES string of the molecule is COc1ccc(-c2cc(Sc3ccccc3Br)ns2)cc1. The van der Waals surface area contributed by atoms with Gasteiger partial charge >= 0.3 is 0 Å². The molecule has 0 bridgehead atoms. The summed E-state index contributed by atoms with van der Waals surface area (Å²) in [6, 6.07) is 18.3. The van der Waals surface area contributed by atoms with Crippen molar-refractivity contribution in [2.24, 2.45) is 0 Å². The van der Waals surface area contributed by atoms with Crippen molar-refractivity contribution in [1.29, 1.82) is 0 Å². The van der Waals surface area contributed by atoms with Crippen LogP contribution in [-0.4, -0.2) is 11.5 Å². The van der Waals surface area contributed by atoms with Crippen LogP contribution in [0, 0.1) is 0 Å². The number of halogens is 1. The molecule has 106 valence electrons. The summed E-state index contributed by atoms with van der Waals surface area (Å²) >= 11 is 6.74. The molecule has 5 heteroatoms. The van der Waals surface area contributed by atoms with Crippen molar-refractivity contribution >= 4 is 39.2 Å². The van der Waals surface area contributed by atoms with Crippen LogP contribution in [0.25, 0.3) is 10.4 Å². The zero-order valence-corrected chi connectivity index (χ0v) is 14.5. The Labute approximate surface area is 140 Å². The van der Waals surface area contributed by atoms with Gasteiger partial charge in [-0.1, -0.05) is 23.9 Å². The summed E-state index contributed by atoms with van der Waals surface area (Å²) in [6.45, 7) is 0. The minimum Gasteiger partial charge on any atom is -0.497 e. The van der Waals surface area contributed by atoms with Crippen LogP contribution in [0.3, 0.4) is 0 Å². The lowest BCUT2D eigenvalue weighted by Crippen LogP contribution is -1.81. The van der Waals surface area contributed by atoms with Gasteiger partial charge in [0.05, 0.1) is 12.0 Å². The van der Waals surface area contributed by atoms with Gasteiger partial charge in [-0.25, -0.2) is 0 Å². The molecule has 0 aliphatic heterocycles. The number of hydrogen-bond donors (Lipinski definition) is 0. The summed E-state index contributed by atoms with van der Waals surface area (Å²) in [6.07, 6.45) is 0. The van der Waals surface area contributed by atoms with E-state index in [9.17, 15) is 0 Å². The monoisotopic (exact) mass is 377 g/mol. The Morgan fingerprint density at radius 2 is 1.86 bits per heavy atom. The minimum absolute atomic E-state index is 0.867. The Balaban J connectivity index is 1.81. The summed E-state index contributed by atoms with van der Waals surface area (Å²) in [7, 11) is 1.67. The molecule has 3 aromatic rings. The molecular weight excluding hydrogens is 366 g/mol. The van der Waals surface area contributed by atoms with E-state index in [1.54, 1.807) is 18.9 Å². The molecule has 0 saturated carbocycles. The molecule has 1 aromatic heterocycles. The van der Waals surface area contributed by atoms with E-state index in [-0.39, 0.29) is 0 Å². The third-order valence-electron chi connectivity index (χ3n) is 2.91. The molecule has 2 nitrogen and oxygen atoms in total. The molecule has 2 aromatic carbocycles.